The van der Waals surface area contributed by atoms with E-state index >= 15 is 0 Å². The van der Waals surface area contributed by atoms with E-state index in [1.807, 2.05) is 0 Å². The maximum Gasteiger partial charge on any atom is 0.247 e. The SMILES string of the molecule is CC(=O)C1=CCC(C(N)=O)=C(C(C)=O)N1C(C)=O. The maximum absolute atomic E-state index is 11.6. The van der Waals surface area contributed by atoms with E-state index < -0.39 is 17.6 Å². The van der Waals surface area contributed by atoms with Gasteiger partial charge in [0.2, 0.25) is 11.8 Å². The zero-order valence-corrected chi connectivity index (χ0v) is 10.4. The maximum atomic E-state index is 11.6. The normalized spacial score (nSPS) is 15.3. The topological polar surface area (TPSA) is 97.5 Å². The van der Waals surface area contributed by atoms with E-state index in [0.717, 1.165) is 4.90 Å². The average Bonchev–Trinajstić information content (AvgIpc) is 2.26. The summed E-state index contributed by atoms with van der Waals surface area (Å²) in [6.45, 7) is 3.72. The number of nitrogens with zero attached hydrogens (tertiary/aromatic N) is 1. The number of hydrogen-bond donors (Lipinski definition) is 1. The number of rotatable bonds is 3. The molecule has 0 bridgehead atoms. The highest BCUT2D eigenvalue weighted by atomic mass is 16.2. The molecule has 2 amide bonds. The highest BCUT2D eigenvalue weighted by molar-refractivity contribution is 6.10. The predicted molar refractivity (Wildman–Crippen MR) is 62.8 cm³/mol. The van der Waals surface area contributed by atoms with Crippen molar-refractivity contribution in [1.29, 1.82) is 0 Å². The molecule has 0 radical (unpaired) electrons. The Bertz CT molecular complexity index is 514. The minimum Gasteiger partial charge on any atom is -0.366 e. The van der Waals surface area contributed by atoms with Crippen LogP contribution in [0.1, 0.15) is 27.2 Å². The van der Waals surface area contributed by atoms with Gasteiger partial charge in [0, 0.05) is 32.8 Å². The summed E-state index contributed by atoms with van der Waals surface area (Å²) in [6.07, 6.45) is 1.50. The largest absolute Gasteiger partial charge is 0.366 e. The molecule has 1 aliphatic heterocycles. The van der Waals surface area contributed by atoms with Gasteiger partial charge < -0.3 is 5.73 Å². The lowest BCUT2D eigenvalue weighted by molar-refractivity contribution is -0.130. The van der Waals surface area contributed by atoms with Crippen LogP contribution in [0.2, 0.25) is 0 Å². The molecule has 1 heterocycles. The van der Waals surface area contributed by atoms with Crippen molar-refractivity contribution in [3.05, 3.63) is 23.0 Å². The second kappa shape index (κ2) is 4.95. The molecule has 1 aliphatic rings. The van der Waals surface area contributed by atoms with Crippen molar-refractivity contribution < 1.29 is 19.2 Å². The van der Waals surface area contributed by atoms with Crippen LogP contribution in [0.5, 0.6) is 0 Å². The molecule has 0 aromatic carbocycles. The molecule has 0 saturated heterocycles. The number of carbonyl (C=O) groups is 4. The summed E-state index contributed by atoms with van der Waals surface area (Å²) in [5, 5.41) is 0. The van der Waals surface area contributed by atoms with E-state index in [4.69, 9.17) is 5.73 Å². The predicted octanol–water partition coefficient (Wildman–Crippen LogP) is 0.0399. The lowest BCUT2D eigenvalue weighted by Gasteiger charge is -2.29. The minimum absolute atomic E-state index is 0.0442. The van der Waals surface area contributed by atoms with Gasteiger partial charge in [-0.2, -0.15) is 0 Å². The van der Waals surface area contributed by atoms with Crippen LogP contribution in [0.4, 0.5) is 0 Å². The zero-order valence-electron chi connectivity index (χ0n) is 10.4. The van der Waals surface area contributed by atoms with E-state index in [0.29, 0.717) is 0 Å². The van der Waals surface area contributed by atoms with Crippen molar-refractivity contribution in [1.82, 2.24) is 4.90 Å². The fraction of sp³-hybridized carbons (Fsp3) is 0.333. The van der Waals surface area contributed by atoms with Crippen LogP contribution >= 0.6 is 0 Å². The molecule has 0 aliphatic carbocycles. The first-order valence-electron chi connectivity index (χ1n) is 5.33. The van der Waals surface area contributed by atoms with Crippen molar-refractivity contribution in [2.75, 3.05) is 0 Å². The molecule has 6 heteroatoms. The second-order valence-corrected chi connectivity index (χ2v) is 3.95. The van der Waals surface area contributed by atoms with Crippen molar-refractivity contribution >= 4 is 23.4 Å². The Balaban J connectivity index is 3.46. The number of Topliss-reactive ketones (excluding diaryl/α,β-unsaturated/α-hetero) is 2. The van der Waals surface area contributed by atoms with Gasteiger partial charge in [0.05, 0.1) is 5.70 Å². The molecule has 6 nitrogen and oxygen atoms in total. The molecule has 1 rings (SSSR count). The molecular weight excluding hydrogens is 236 g/mol. The molecule has 0 aromatic rings. The standard InChI is InChI=1S/C12H14N2O4/c1-6(15)10-5-4-9(12(13)18)11(7(2)16)14(10)8(3)17/h5H,4H2,1-3H3,(H2,13,18). The van der Waals surface area contributed by atoms with Crippen molar-refractivity contribution in [3.8, 4) is 0 Å². The first-order chi connectivity index (χ1) is 8.27. The fourth-order valence-corrected chi connectivity index (χ4v) is 1.86. The van der Waals surface area contributed by atoms with Crippen LogP contribution in [0.15, 0.2) is 23.0 Å². The summed E-state index contributed by atoms with van der Waals surface area (Å²) in [5.41, 5.74) is 5.21. The Hall–Kier alpha value is -2.24. The summed E-state index contributed by atoms with van der Waals surface area (Å²) in [7, 11) is 0. The second-order valence-electron chi connectivity index (χ2n) is 3.95. The van der Waals surface area contributed by atoms with Gasteiger partial charge in [-0.3, -0.25) is 24.1 Å². The van der Waals surface area contributed by atoms with Crippen LogP contribution < -0.4 is 5.73 Å². The van der Waals surface area contributed by atoms with E-state index in [1.54, 1.807) is 0 Å². The van der Waals surface area contributed by atoms with Gasteiger partial charge in [-0.15, -0.1) is 0 Å². The summed E-state index contributed by atoms with van der Waals surface area (Å²) in [4.78, 5) is 46.9. The summed E-state index contributed by atoms with van der Waals surface area (Å²) >= 11 is 0. The smallest absolute Gasteiger partial charge is 0.247 e. The summed E-state index contributed by atoms with van der Waals surface area (Å²) < 4.78 is 0. The molecule has 2 N–H and O–H groups in total. The zero-order chi connectivity index (χ0) is 14.0. The van der Waals surface area contributed by atoms with Gasteiger partial charge in [-0.05, 0) is 0 Å². The molecule has 0 saturated carbocycles. The number of allylic oxidation sites excluding steroid dienone is 3. The number of primary amides is 1. The lowest BCUT2D eigenvalue weighted by atomic mass is 9.99. The number of carbonyl (C=O) groups excluding carboxylic acids is 4. The molecule has 18 heavy (non-hydrogen) atoms. The fourth-order valence-electron chi connectivity index (χ4n) is 1.86. The Morgan fingerprint density at radius 3 is 2.00 bits per heavy atom. The van der Waals surface area contributed by atoms with Gasteiger partial charge in [-0.1, -0.05) is 6.08 Å². The van der Waals surface area contributed by atoms with Crippen LogP contribution in [-0.4, -0.2) is 28.3 Å². The summed E-state index contributed by atoms with van der Waals surface area (Å²) in [5.74, 6) is -2.12. The van der Waals surface area contributed by atoms with Crippen LogP contribution in [-0.2, 0) is 19.2 Å². The van der Waals surface area contributed by atoms with Gasteiger partial charge in [0.1, 0.15) is 5.70 Å². The van der Waals surface area contributed by atoms with Crippen LogP contribution in [0.25, 0.3) is 0 Å². The number of amides is 2. The quantitative estimate of drug-likeness (QED) is 0.764. The average molecular weight is 250 g/mol. The van der Waals surface area contributed by atoms with E-state index in [9.17, 15) is 19.2 Å². The first-order valence-corrected chi connectivity index (χ1v) is 5.33. The number of nitrogens with two attached hydrogens (primary N) is 1. The number of hydrogen-bond acceptors (Lipinski definition) is 4. The Kier molecular flexibility index (Phi) is 3.80. The highest BCUT2D eigenvalue weighted by Gasteiger charge is 2.32. The van der Waals surface area contributed by atoms with Gasteiger partial charge >= 0.3 is 0 Å². The van der Waals surface area contributed by atoms with Crippen molar-refractivity contribution in [2.24, 2.45) is 5.73 Å². The molecule has 0 fully saturated rings. The minimum atomic E-state index is -0.773. The third-order valence-corrected chi connectivity index (χ3v) is 2.56. The Morgan fingerprint density at radius 1 is 1.11 bits per heavy atom. The van der Waals surface area contributed by atoms with Crippen molar-refractivity contribution in [3.63, 3.8) is 0 Å². The van der Waals surface area contributed by atoms with Crippen LogP contribution in [0, 0.1) is 0 Å². The van der Waals surface area contributed by atoms with E-state index in [2.05, 4.69) is 0 Å². The first kappa shape index (κ1) is 13.8. The highest BCUT2D eigenvalue weighted by Crippen LogP contribution is 2.26. The number of ketones is 2. The van der Waals surface area contributed by atoms with Gasteiger partial charge in [-0.25, -0.2) is 0 Å². The van der Waals surface area contributed by atoms with Crippen LogP contribution in [0.3, 0.4) is 0 Å². The molecular formula is C12H14N2O4. The third kappa shape index (κ3) is 2.37. The van der Waals surface area contributed by atoms with Crippen molar-refractivity contribution in [2.45, 2.75) is 27.2 Å². The Labute approximate surface area is 104 Å². The molecule has 0 unspecified atom stereocenters. The monoisotopic (exact) mass is 250 g/mol. The molecule has 0 spiro atoms. The van der Waals surface area contributed by atoms with E-state index in [-0.39, 0.29) is 29.2 Å². The lowest BCUT2D eigenvalue weighted by Crippen LogP contribution is -2.38. The third-order valence-electron chi connectivity index (χ3n) is 2.56. The molecule has 96 valence electrons. The van der Waals surface area contributed by atoms with Gasteiger partial charge in [0.15, 0.2) is 11.6 Å². The summed E-state index contributed by atoms with van der Waals surface area (Å²) in [6, 6.07) is 0. The molecule has 0 aromatic heterocycles. The van der Waals surface area contributed by atoms with Gasteiger partial charge in [0.25, 0.3) is 0 Å². The Morgan fingerprint density at radius 2 is 1.67 bits per heavy atom. The van der Waals surface area contributed by atoms with E-state index in [1.165, 1.54) is 26.8 Å². The molecule has 0 atom stereocenters.